The second-order valence-corrected chi connectivity index (χ2v) is 3.55. The normalized spacial score (nSPS) is 10.5. The first-order valence-electron chi connectivity index (χ1n) is 4.81. The van der Waals surface area contributed by atoms with Crippen molar-refractivity contribution < 1.29 is 19.5 Å². The molecule has 1 rings (SSSR count). The van der Waals surface area contributed by atoms with Gasteiger partial charge in [0.05, 0.1) is 7.11 Å². The molecule has 0 saturated heterocycles. The quantitative estimate of drug-likeness (QED) is 0.625. The zero-order chi connectivity index (χ0) is 12.7. The van der Waals surface area contributed by atoms with E-state index in [2.05, 4.69) is 9.99 Å². The summed E-state index contributed by atoms with van der Waals surface area (Å²) >= 11 is 5.85. The van der Waals surface area contributed by atoms with Gasteiger partial charge in [0.1, 0.15) is 5.75 Å². The number of methoxy groups -OCH3 is 1. The molecule has 1 N–H and O–H groups in total. The topological polar surface area (TPSA) is 68.1 Å². The van der Waals surface area contributed by atoms with Crippen LogP contribution in [-0.2, 0) is 16.1 Å². The number of hydrogen-bond donors (Lipinski definition) is 1. The van der Waals surface area contributed by atoms with Gasteiger partial charge in [0, 0.05) is 23.2 Å². The van der Waals surface area contributed by atoms with E-state index in [1.165, 1.54) is 6.21 Å². The Kier molecular flexibility index (Phi) is 5.29. The third-order valence-electron chi connectivity index (χ3n) is 1.89. The van der Waals surface area contributed by atoms with Crippen LogP contribution in [0.2, 0.25) is 5.02 Å². The van der Waals surface area contributed by atoms with Crippen molar-refractivity contribution in [1.82, 2.24) is 0 Å². The summed E-state index contributed by atoms with van der Waals surface area (Å²) in [5, 5.41) is 12.4. The van der Waals surface area contributed by atoms with Crippen molar-refractivity contribution in [2.24, 2.45) is 5.16 Å². The van der Waals surface area contributed by atoms with E-state index in [9.17, 15) is 4.79 Å². The molecule has 1 aromatic carbocycles. The number of nitrogens with zero attached hydrogens (tertiary/aromatic N) is 1. The lowest BCUT2D eigenvalue weighted by Gasteiger charge is -2.06. The highest BCUT2D eigenvalue weighted by atomic mass is 35.5. The maximum atomic E-state index is 10.1. The zero-order valence-electron chi connectivity index (χ0n) is 9.22. The fourth-order valence-corrected chi connectivity index (χ4v) is 1.38. The monoisotopic (exact) mass is 257 g/mol. The van der Waals surface area contributed by atoms with E-state index in [1.54, 1.807) is 25.3 Å². The highest BCUT2D eigenvalue weighted by Gasteiger charge is 2.02. The molecule has 0 aliphatic rings. The van der Waals surface area contributed by atoms with Crippen molar-refractivity contribution in [3.05, 3.63) is 28.8 Å². The molecule has 17 heavy (non-hydrogen) atoms. The molecule has 0 unspecified atom stereocenters. The van der Waals surface area contributed by atoms with Crippen LogP contribution in [-0.4, -0.2) is 31.0 Å². The highest BCUT2D eigenvalue weighted by molar-refractivity contribution is 6.30. The Hall–Kier alpha value is -1.75. The summed E-state index contributed by atoms with van der Waals surface area (Å²) < 4.78 is 5.14. The van der Waals surface area contributed by atoms with E-state index in [4.69, 9.17) is 21.4 Å². The van der Waals surface area contributed by atoms with E-state index < -0.39 is 12.6 Å². The Morgan fingerprint density at radius 1 is 1.59 bits per heavy atom. The van der Waals surface area contributed by atoms with E-state index in [0.717, 1.165) is 5.56 Å². The molecule has 0 spiro atoms. The maximum absolute atomic E-state index is 10.1. The van der Waals surface area contributed by atoms with Crippen LogP contribution < -0.4 is 4.74 Å². The van der Waals surface area contributed by atoms with Gasteiger partial charge in [-0.05, 0) is 18.2 Å². The van der Waals surface area contributed by atoms with Crippen molar-refractivity contribution in [2.45, 2.75) is 6.42 Å². The lowest BCUT2D eigenvalue weighted by atomic mass is 10.1. The first kappa shape index (κ1) is 13.3. The van der Waals surface area contributed by atoms with Gasteiger partial charge in [-0.3, -0.25) is 0 Å². The lowest BCUT2D eigenvalue weighted by molar-refractivity contribution is -0.142. The van der Waals surface area contributed by atoms with Crippen LogP contribution >= 0.6 is 11.6 Å². The predicted molar refractivity (Wildman–Crippen MR) is 63.8 cm³/mol. The minimum Gasteiger partial charge on any atom is -0.496 e. The van der Waals surface area contributed by atoms with Crippen LogP contribution in [0.5, 0.6) is 5.75 Å². The van der Waals surface area contributed by atoms with Crippen LogP contribution in [0.4, 0.5) is 0 Å². The number of benzene rings is 1. The number of aliphatic carboxylic acids is 1. The van der Waals surface area contributed by atoms with E-state index in [1.807, 2.05) is 0 Å². The highest BCUT2D eigenvalue weighted by Crippen LogP contribution is 2.22. The van der Waals surface area contributed by atoms with Gasteiger partial charge in [-0.1, -0.05) is 16.8 Å². The molecule has 0 fully saturated rings. The van der Waals surface area contributed by atoms with Crippen LogP contribution in [0.1, 0.15) is 5.56 Å². The van der Waals surface area contributed by atoms with Gasteiger partial charge in [0.15, 0.2) is 0 Å². The maximum Gasteiger partial charge on any atom is 0.344 e. The number of oxime groups is 1. The molecule has 0 atom stereocenters. The molecule has 0 aliphatic carbocycles. The first-order chi connectivity index (χ1) is 8.13. The molecule has 0 radical (unpaired) electrons. The van der Waals surface area contributed by atoms with E-state index >= 15 is 0 Å². The fourth-order valence-electron chi connectivity index (χ4n) is 1.19. The number of carboxylic acids is 1. The van der Waals surface area contributed by atoms with E-state index in [0.29, 0.717) is 17.2 Å². The SMILES string of the molecule is COc1ccc(Cl)cc1C/C=N\OCC(=O)O. The van der Waals surface area contributed by atoms with Crippen molar-refractivity contribution in [3.8, 4) is 5.75 Å². The van der Waals surface area contributed by atoms with Gasteiger partial charge in [0.25, 0.3) is 0 Å². The number of halogens is 1. The van der Waals surface area contributed by atoms with Crippen molar-refractivity contribution in [2.75, 3.05) is 13.7 Å². The van der Waals surface area contributed by atoms with Gasteiger partial charge >= 0.3 is 5.97 Å². The average Bonchev–Trinajstić information content (AvgIpc) is 2.28. The van der Waals surface area contributed by atoms with Crippen molar-refractivity contribution in [3.63, 3.8) is 0 Å². The molecule has 0 bridgehead atoms. The summed E-state index contributed by atoms with van der Waals surface area (Å²) in [7, 11) is 1.56. The standard InChI is InChI=1S/C11H12ClNO4/c1-16-10-3-2-9(12)6-8(10)4-5-13-17-7-11(14)15/h2-3,5-6H,4,7H2,1H3,(H,14,15)/b13-5-. The third kappa shape index (κ3) is 4.74. The van der Waals surface area contributed by atoms with Crippen LogP contribution in [0.3, 0.4) is 0 Å². The molecule has 5 nitrogen and oxygen atoms in total. The number of hydrogen-bond acceptors (Lipinski definition) is 4. The van der Waals surface area contributed by atoms with Gasteiger partial charge in [-0.15, -0.1) is 0 Å². The molecule has 0 saturated carbocycles. The molecular formula is C11H12ClNO4. The van der Waals surface area contributed by atoms with Gasteiger partial charge in [-0.25, -0.2) is 4.79 Å². The Labute approximate surface area is 104 Å². The Morgan fingerprint density at radius 3 is 3.00 bits per heavy atom. The van der Waals surface area contributed by atoms with Gasteiger partial charge < -0.3 is 14.7 Å². The van der Waals surface area contributed by atoms with Gasteiger partial charge in [0.2, 0.25) is 6.61 Å². The number of rotatable bonds is 6. The summed E-state index contributed by atoms with van der Waals surface area (Å²) in [4.78, 5) is 14.7. The van der Waals surface area contributed by atoms with Crippen LogP contribution in [0, 0.1) is 0 Å². The molecule has 1 aromatic rings. The van der Waals surface area contributed by atoms with Crippen LogP contribution in [0.25, 0.3) is 0 Å². The minimum absolute atomic E-state index is 0.448. The van der Waals surface area contributed by atoms with Crippen LogP contribution in [0.15, 0.2) is 23.4 Å². The number of ether oxygens (including phenoxy) is 1. The minimum atomic E-state index is -1.07. The summed E-state index contributed by atoms with van der Waals surface area (Å²) in [5.74, 6) is -0.374. The Morgan fingerprint density at radius 2 is 2.35 bits per heavy atom. The lowest BCUT2D eigenvalue weighted by Crippen LogP contribution is -2.03. The Balaban J connectivity index is 2.55. The predicted octanol–water partition coefficient (Wildman–Crippen LogP) is 1.98. The van der Waals surface area contributed by atoms with Crippen molar-refractivity contribution in [1.29, 1.82) is 0 Å². The third-order valence-corrected chi connectivity index (χ3v) is 2.13. The summed E-state index contributed by atoms with van der Waals surface area (Å²) in [6, 6.07) is 5.23. The number of carboxylic acid groups (broad SMARTS) is 1. The molecule has 0 aliphatic heterocycles. The second kappa shape index (κ2) is 6.75. The molecule has 0 aromatic heterocycles. The fraction of sp³-hybridized carbons (Fsp3) is 0.273. The molecule has 0 amide bonds. The molecular weight excluding hydrogens is 246 g/mol. The molecule has 0 heterocycles. The second-order valence-electron chi connectivity index (χ2n) is 3.12. The average molecular weight is 258 g/mol. The molecule has 92 valence electrons. The summed E-state index contributed by atoms with van der Waals surface area (Å²) in [6.07, 6.45) is 1.90. The Bertz CT molecular complexity index is 420. The van der Waals surface area contributed by atoms with Crippen molar-refractivity contribution >= 4 is 23.8 Å². The number of carbonyl (C=O) groups is 1. The zero-order valence-corrected chi connectivity index (χ0v) is 9.98. The summed E-state index contributed by atoms with van der Waals surface area (Å²) in [6.45, 7) is -0.455. The van der Waals surface area contributed by atoms with Gasteiger partial charge in [-0.2, -0.15) is 0 Å². The van der Waals surface area contributed by atoms with E-state index in [-0.39, 0.29) is 0 Å². The summed E-state index contributed by atoms with van der Waals surface area (Å²) in [5.41, 5.74) is 0.850. The largest absolute Gasteiger partial charge is 0.496 e. The smallest absolute Gasteiger partial charge is 0.344 e. The first-order valence-corrected chi connectivity index (χ1v) is 5.19. The molecule has 6 heteroatoms.